The van der Waals surface area contributed by atoms with Crippen molar-refractivity contribution in [3.05, 3.63) is 34.3 Å². The summed E-state index contributed by atoms with van der Waals surface area (Å²) in [5.41, 5.74) is 2.03. The van der Waals surface area contributed by atoms with Gasteiger partial charge < -0.3 is 15.4 Å². The second-order valence-electron chi connectivity index (χ2n) is 7.20. The van der Waals surface area contributed by atoms with E-state index in [1.165, 1.54) is 36.2 Å². The van der Waals surface area contributed by atoms with Gasteiger partial charge in [-0.3, -0.25) is 9.48 Å². The van der Waals surface area contributed by atoms with Crippen LogP contribution in [0.25, 0.3) is 0 Å². The first-order valence-corrected chi connectivity index (χ1v) is 10.3. The topological polar surface area (TPSA) is 68.2 Å². The van der Waals surface area contributed by atoms with Gasteiger partial charge in [0.1, 0.15) is 0 Å². The molecule has 1 amide bonds. The lowest BCUT2D eigenvalue weighted by atomic mass is 10.0. The van der Waals surface area contributed by atoms with Gasteiger partial charge in [-0.2, -0.15) is 5.10 Å². The van der Waals surface area contributed by atoms with Crippen LogP contribution in [0, 0.1) is 5.92 Å². The fourth-order valence-electron chi connectivity index (χ4n) is 3.52. The molecule has 1 saturated carbocycles. The molecule has 0 radical (unpaired) electrons. The van der Waals surface area contributed by atoms with Crippen molar-refractivity contribution in [2.24, 2.45) is 5.92 Å². The first-order chi connectivity index (χ1) is 12.7. The molecule has 1 aliphatic heterocycles. The molecule has 2 atom stereocenters. The molecule has 4 rings (SSSR count). The van der Waals surface area contributed by atoms with Gasteiger partial charge in [-0.25, -0.2) is 0 Å². The van der Waals surface area contributed by atoms with Crippen LogP contribution in [-0.2, 0) is 11.3 Å². The van der Waals surface area contributed by atoms with E-state index in [-0.39, 0.29) is 5.91 Å². The molecule has 2 aromatic heterocycles. The molecule has 3 heterocycles. The van der Waals surface area contributed by atoms with Crippen LogP contribution >= 0.6 is 11.3 Å². The fourth-order valence-corrected chi connectivity index (χ4v) is 4.38. The zero-order valence-corrected chi connectivity index (χ0v) is 15.9. The zero-order valence-electron chi connectivity index (χ0n) is 15.1. The van der Waals surface area contributed by atoms with Crippen LogP contribution in [0.3, 0.4) is 0 Å². The van der Waals surface area contributed by atoms with E-state index in [0.29, 0.717) is 12.0 Å². The van der Waals surface area contributed by atoms with Crippen LogP contribution < -0.4 is 10.6 Å². The van der Waals surface area contributed by atoms with Gasteiger partial charge in [-0.1, -0.05) is 0 Å². The Kier molecular flexibility index (Phi) is 5.38. The maximum absolute atomic E-state index is 12.4. The maximum Gasteiger partial charge on any atom is 0.265 e. The van der Waals surface area contributed by atoms with Crippen molar-refractivity contribution in [3.63, 3.8) is 0 Å². The number of ether oxygens (including phenoxy) is 1. The number of nitrogens with one attached hydrogen (secondary N) is 2. The summed E-state index contributed by atoms with van der Waals surface area (Å²) in [4.78, 5) is 13.2. The average Bonchev–Trinajstić information content (AvgIpc) is 3.07. The number of hydrogen-bond acceptors (Lipinski definition) is 5. The normalized spacial score (nSPS) is 23.1. The molecule has 26 heavy (non-hydrogen) atoms. The minimum absolute atomic E-state index is 0.0516. The smallest absolute Gasteiger partial charge is 0.265 e. The quantitative estimate of drug-likeness (QED) is 0.781. The number of hydrogen-bond donors (Lipinski definition) is 2. The van der Waals surface area contributed by atoms with Crippen LogP contribution in [0.4, 0.5) is 5.69 Å². The van der Waals surface area contributed by atoms with E-state index in [2.05, 4.69) is 21.1 Å². The van der Waals surface area contributed by atoms with Crippen LogP contribution in [0.15, 0.2) is 23.8 Å². The van der Waals surface area contributed by atoms with E-state index in [1.54, 1.807) is 10.9 Å². The van der Waals surface area contributed by atoms with E-state index >= 15 is 0 Å². The van der Waals surface area contributed by atoms with Gasteiger partial charge in [-0.05, 0) is 55.7 Å². The van der Waals surface area contributed by atoms with Gasteiger partial charge in [0.15, 0.2) is 0 Å². The van der Waals surface area contributed by atoms with Crippen molar-refractivity contribution >= 4 is 22.9 Å². The molecule has 2 aromatic rings. The Morgan fingerprint density at radius 1 is 1.42 bits per heavy atom. The largest absolute Gasteiger partial charge is 0.381 e. The molecule has 2 N–H and O–H groups in total. The summed E-state index contributed by atoms with van der Waals surface area (Å²) in [5.74, 6) is 1.25. The van der Waals surface area contributed by atoms with Crippen LogP contribution in [0.2, 0.25) is 0 Å². The lowest BCUT2D eigenvalue weighted by molar-refractivity contribution is 0.0662. The highest BCUT2D eigenvalue weighted by atomic mass is 32.1. The van der Waals surface area contributed by atoms with Gasteiger partial charge in [0, 0.05) is 37.9 Å². The number of rotatable bonds is 7. The molecule has 0 bridgehead atoms. The van der Waals surface area contributed by atoms with Crippen LogP contribution in [0.5, 0.6) is 0 Å². The Balaban J connectivity index is 1.27. The Hall–Kier alpha value is -1.70. The third-order valence-electron chi connectivity index (χ3n) is 5.29. The van der Waals surface area contributed by atoms with Crippen molar-refractivity contribution in [3.8, 4) is 0 Å². The molecule has 0 spiro atoms. The lowest BCUT2D eigenvalue weighted by Crippen LogP contribution is -2.29. The number of thiophene rings is 1. The molecule has 2 fully saturated rings. The highest BCUT2D eigenvalue weighted by Crippen LogP contribution is 2.42. The summed E-state index contributed by atoms with van der Waals surface area (Å²) in [6.07, 6.45) is 7.05. The maximum atomic E-state index is 12.4. The molecule has 2 unspecified atom stereocenters. The molecule has 1 aliphatic carbocycles. The fraction of sp³-hybridized carbons (Fsp3) is 0.579. The SMILES string of the molecule is CCn1cc(NC(=O)c2cc(C3CC3NCC3CCOCC3)cs2)cn1. The van der Waals surface area contributed by atoms with Crippen LogP contribution in [0.1, 0.15) is 47.3 Å². The van der Waals surface area contributed by atoms with Crippen LogP contribution in [-0.4, -0.2) is 41.5 Å². The minimum atomic E-state index is -0.0516. The first-order valence-electron chi connectivity index (χ1n) is 9.46. The molecule has 0 aromatic carbocycles. The second-order valence-corrected chi connectivity index (χ2v) is 8.11. The Labute approximate surface area is 157 Å². The second kappa shape index (κ2) is 7.90. The third-order valence-corrected chi connectivity index (χ3v) is 6.23. The summed E-state index contributed by atoms with van der Waals surface area (Å²) in [7, 11) is 0. The predicted molar refractivity (Wildman–Crippen MR) is 103 cm³/mol. The Morgan fingerprint density at radius 2 is 2.27 bits per heavy atom. The Bertz CT molecular complexity index is 750. The summed E-state index contributed by atoms with van der Waals surface area (Å²) in [6, 6.07) is 2.61. The van der Waals surface area contributed by atoms with Crippen molar-refractivity contribution < 1.29 is 9.53 Å². The monoisotopic (exact) mass is 374 g/mol. The number of nitrogens with zero attached hydrogens (tertiary/aromatic N) is 2. The summed E-state index contributed by atoms with van der Waals surface area (Å²) in [6.45, 7) is 5.71. The molecular weight excluding hydrogens is 348 g/mol. The summed E-state index contributed by atoms with van der Waals surface area (Å²) >= 11 is 1.52. The highest BCUT2D eigenvalue weighted by molar-refractivity contribution is 7.12. The van der Waals surface area contributed by atoms with E-state index < -0.39 is 0 Å². The van der Waals surface area contributed by atoms with Crippen molar-refractivity contribution in [2.75, 3.05) is 25.1 Å². The van der Waals surface area contributed by atoms with Crippen molar-refractivity contribution in [1.82, 2.24) is 15.1 Å². The van der Waals surface area contributed by atoms with E-state index in [1.807, 2.05) is 19.2 Å². The van der Waals surface area contributed by atoms with Crippen molar-refractivity contribution in [2.45, 2.75) is 44.7 Å². The van der Waals surface area contributed by atoms with Gasteiger partial charge >= 0.3 is 0 Å². The number of aryl methyl sites for hydroxylation is 1. The predicted octanol–water partition coefficient (Wildman–Crippen LogP) is 3.09. The van der Waals surface area contributed by atoms with Crippen molar-refractivity contribution in [1.29, 1.82) is 0 Å². The molecule has 6 nitrogen and oxygen atoms in total. The number of aromatic nitrogens is 2. The zero-order chi connectivity index (χ0) is 17.9. The molecule has 7 heteroatoms. The molecule has 2 aliphatic rings. The number of amides is 1. The van der Waals surface area contributed by atoms with E-state index in [9.17, 15) is 4.79 Å². The first kappa shape index (κ1) is 17.7. The number of carbonyl (C=O) groups excluding carboxylic acids is 1. The molecule has 140 valence electrons. The van der Waals surface area contributed by atoms with Gasteiger partial charge in [0.25, 0.3) is 5.91 Å². The summed E-state index contributed by atoms with van der Waals surface area (Å²) < 4.78 is 7.22. The average molecular weight is 375 g/mol. The lowest BCUT2D eigenvalue weighted by Gasteiger charge is -2.22. The van der Waals surface area contributed by atoms with Gasteiger partial charge in [0.05, 0.1) is 16.8 Å². The number of carbonyl (C=O) groups is 1. The van der Waals surface area contributed by atoms with Gasteiger partial charge in [-0.15, -0.1) is 11.3 Å². The van der Waals surface area contributed by atoms with E-state index in [0.717, 1.165) is 42.8 Å². The highest BCUT2D eigenvalue weighted by Gasteiger charge is 2.39. The number of anilines is 1. The molecular formula is C19H26N4O2S. The molecule has 1 saturated heterocycles. The third kappa shape index (κ3) is 4.16. The Morgan fingerprint density at radius 3 is 3.04 bits per heavy atom. The van der Waals surface area contributed by atoms with E-state index in [4.69, 9.17) is 4.74 Å². The van der Waals surface area contributed by atoms with Gasteiger partial charge in [0.2, 0.25) is 0 Å². The standard InChI is InChI=1S/C19H26N4O2S/c1-2-23-11-15(10-21-23)22-19(24)18-7-14(12-26-18)16-8-17(16)20-9-13-3-5-25-6-4-13/h7,10-13,16-17,20H,2-6,8-9H2,1H3,(H,22,24). The minimum Gasteiger partial charge on any atom is -0.381 e. The summed E-state index contributed by atoms with van der Waals surface area (Å²) in [5, 5.41) is 12.9.